The van der Waals surface area contributed by atoms with Gasteiger partial charge in [-0.15, -0.1) is 0 Å². The van der Waals surface area contributed by atoms with E-state index in [1.54, 1.807) is 26.0 Å². The molecular weight excluding hydrogens is 646 g/mol. The van der Waals surface area contributed by atoms with Crippen molar-refractivity contribution in [3.05, 3.63) is 135 Å². The lowest BCUT2D eigenvalue weighted by molar-refractivity contribution is -0.288. The Hall–Kier alpha value is -4.93. The van der Waals surface area contributed by atoms with Crippen LogP contribution < -0.4 is 4.90 Å². The molecule has 4 aromatic carbocycles. The Morgan fingerprint density at radius 1 is 0.612 bits per heavy atom. The number of benzene rings is 4. The van der Waals surface area contributed by atoms with E-state index in [0.717, 1.165) is 34.2 Å². The van der Waals surface area contributed by atoms with Crippen LogP contribution in [0.15, 0.2) is 84.9 Å². The normalized spacial score (nSPS) is 15.1. The average Bonchev–Trinajstić information content (AvgIpc) is 3.49. The Morgan fingerprint density at radius 3 is 1.65 bits per heavy atom. The first-order valence-corrected chi connectivity index (χ1v) is 15.7. The zero-order valence-electron chi connectivity index (χ0n) is 27.0. The number of amides is 3. The van der Waals surface area contributed by atoms with Crippen molar-refractivity contribution in [3.8, 4) is 0 Å². The van der Waals surface area contributed by atoms with Gasteiger partial charge in [-0.05, 0) is 89.9 Å². The lowest BCUT2D eigenvalue weighted by Crippen LogP contribution is -2.54. The molecule has 0 N–H and O–H groups in total. The van der Waals surface area contributed by atoms with Gasteiger partial charge in [-0.25, -0.2) is 4.90 Å². The van der Waals surface area contributed by atoms with E-state index in [9.17, 15) is 14.4 Å². The summed E-state index contributed by atoms with van der Waals surface area (Å²) < 4.78 is 90.2. The molecule has 0 saturated heterocycles. The minimum Gasteiger partial charge on any atom is -0.332 e. The van der Waals surface area contributed by atoms with Gasteiger partial charge in [0.05, 0.1) is 16.8 Å². The van der Waals surface area contributed by atoms with Crippen molar-refractivity contribution in [1.82, 2.24) is 4.90 Å². The summed E-state index contributed by atoms with van der Waals surface area (Å²) >= 11 is 0. The number of carbonyl (C=O) groups is 3. The Morgan fingerprint density at radius 2 is 1.12 bits per heavy atom. The van der Waals surface area contributed by atoms with E-state index in [-0.39, 0.29) is 35.0 Å². The van der Waals surface area contributed by atoms with Crippen molar-refractivity contribution in [2.75, 3.05) is 4.90 Å². The number of anilines is 1. The third-order valence-corrected chi connectivity index (χ3v) is 9.41. The third kappa shape index (κ3) is 5.49. The summed E-state index contributed by atoms with van der Waals surface area (Å²) in [5, 5.41) is 0. The van der Waals surface area contributed by atoms with Gasteiger partial charge in [-0.2, -0.15) is 26.3 Å². The molecule has 0 aromatic heterocycles. The van der Waals surface area contributed by atoms with E-state index in [0.29, 0.717) is 30.5 Å². The molecule has 0 fully saturated rings. The van der Waals surface area contributed by atoms with Gasteiger partial charge in [0.2, 0.25) is 5.41 Å². The molecule has 0 atom stereocenters. The molecule has 0 spiro atoms. The molecule has 4 aromatic rings. The minimum absolute atomic E-state index is 0.0242. The number of halogens is 6. The first kappa shape index (κ1) is 34.0. The van der Waals surface area contributed by atoms with Gasteiger partial charge in [0.15, 0.2) is 0 Å². The lowest BCUT2D eigenvalue weighted by atomic mass is 9.71. The van der Waals surface area contributed by atoms with Crippen molar-refractivity contribution in [3.63, 3.8) is 0 Å². The van der Waals surface area contributed by atoms with Crippen molar-refractivity contribution in [2.45, 2.75) is 70.4 Å². The van der Waals surface area contributed by atoms with Crippen LogP contribution in [-0.2, 0) is 18.4 Å². The molecular formula is C38H32F6N2O3. The van der Waals surface area contributed by atoms with Crippen LogP contribution in [0.25, 0.3) is 0 Å². The summed E-state index contributed by atoms with van der Waals surface area (Å²) in [4.78, 5) is 41.8. The SMILES string of the molecule is CC(C)c1ccc(Cc2ccc(N3C(=O)c4ccc(C(c5ccc6c(c5)CN(C(C)C)C6=O)(C(F)(F)F)C(F)(F)F)cc4C3=O)cc2)cc1. The molecule has 0 radical (unpaired) electrons. The van der Waals surface area contributed by atoms with Crippen LogP contribution in [0.5, 0.6) is 0 Å². The smallest absolute Gasteiger partial charge is 0.332 e. The van der Waals surface area contributed by atoms with Gasteiger partial charge in [0.1, 0.15) is 0 Å². The molecule has 254 valence electrons. The maximum absolute atomic E-state index is 15.0. The van der Waals surface area contributed by atoms with Crippen LogP contribution in [0, 0.1) is 0 Å². The minimum atomic E-state index is -5.93. The molecule has 0 aliphatic carbocycles. The zero-order chi connectivity index (χ0) is 35.6. The van der Waals surface area contributed by atoms with Crippen LogP contribution in [0.1, 0.15) is 98.1 Å². The molecule has 0 unspecified atom stereocenters. The van der Waals surface area contributed by atoms with Gasteiger partial charge in [-0.3, -0.25) is 14.4 Å². The summed E-state index contributed by atoms with van der Waals surface area (Å²) in [6, 6.07) is 18.6. The van der Waals surface area contributed by atoms with E-state index in [1.807, 2.05) is 24.3 Å². The summed E-state index contributed by atoms with van der Waals surface area (Å²) in [5.41, 5.74) is -4.58. The van der Waals surface area contributed by atoms with Crippen molar-refractivity contribution >= 4 is 23.4 Å². The number of fused-ring (bicyclic) bond motifs is 2. The first-order valence-electron chi connectivity index (χ1n) is 15.7. The maximum Gasteiger partial charge on any atom is 0.411 e. The van der Waals surface area contributed by atoms with E-state index < -0.39 is 52.2 Å². The van der Waals surface area contributed by atoms with Gasteiger partial charge >= 0.3 is 12.4 Å². The predicted molar refractivity (Wildman–Crippen MR) is 172 cm³/mol. The molecule has 5 nitrogen and oxygen atoms in total. The van der Waals surface area contributed by atoms with Crippen molar-refractivity contribution in [1.29, 1.82) is 0 Å². The third-order valence-electron chi connectivity index (χ3n) is 9.41. The number of nitrogens with zero attached hydrogens (tertiary/aromatic N) is 2. The van der Waals surface area contributed by atoms with Crippen LogP contribution in [0.3, 0.4) is 0 Å². The molecule has 2 heterocycles. The fourth-order valence-electron chi connectivity index (χ4n) is 6.70. The maximum atomic E-state index is 15.0. The van der Waals surface area contributed by atoms with Crippen LogP contribution in [0.2, 0.25) is 0 Å². The molecule has 2 aliphatic rings. The second kappa shape index (κ2) is 11.9. The van der Waals surface area contributed by atoms with E-state index in [4.69, 9.17) is 0 Å². The van der Waals surface area contributed by atoms with Crippen molar-refractivity contribution < 1.29 is 40.7 Å². The molecule has 6 rings (SSSR count). The molecule has 3 amide bonds. The summed E-state index contributed by atoms with van der Waals surface area (Å²) in [6.07, 6.45) is -11.3. The highest BCUT2D eigenvalue weighted by Crippen LogP contribution is 2.57. The fourth-order valence-corrected chi connectivity index (χ4v) is 6.70. The monoisotopic (exact) mass is 678 g/mol. The predicted octanol–water partition coefficient (Wildman–Crippen LogP) is 8.98. The standard InChI is InChI=1S/C38H32F6N2O3/c1-21(2)25-9-5-23(6-10-25)17-24-7-13-29(14-8-24)46-34(48)31-16-12-28(19-32(31)35(46)49)36(37(39,40)41,38(42,43)44)27-11-15-30-26(18-27)20-45(22(3)4)33(30)47/h5-16,18-19,21-22H,17,20H2,1-4H3. The Labute approximate surface area is 279 Å². The first-order chi connectivity index (χ1) is 23.0. The van der Waals surface area contributed by atoms with Crippen LogP contribution in [-0.4, -0.2) is 41.0 Å². The molecule has 0 bridgehead atoms. The second-order valence-electron chi connectivity index (χ2n) is 13.1. The number of imide groups is 1. The molecule has 49 heavy (non-hydrogen) atoms. The highest BCUT2D eigenvalue weighted by molar-refractivity contribution is 6.34. The van der Waals surface area contributed by atoms with Crippen LogP contribution in [0.4, 0.5) is 32.0 Å². The number of rotatable bonds is 7. The molecule has 11 heteroatoms. The average molecular weight is 679 g/mol. The van der Waals surface area contributed by atoms with Gasteiger partial charge in [0, 0.05) is 18.2 Å². The highest BCUT2D eigenvalue weighted by Gasteiger charge is 2.73. The van der Waals surface area contributed by atoms with Gasteiger partial charge in [0.25, 0.3) is 17.7 Å². The quantitative estimate of drug-likeness (QED) is 0.145. The van der Waals surface area contributed by atoms with E-state index in [1.165, 1.54) is 22.6 Å². The van der Waals surface area contributed by atoms with Crippen LogP contribution >= 0.6 is 0 Å². The van der Waals surface area contributed by atoms with Crippen molar-refractivity contribution in [2.24, 2.45) is 0 Å². The fraction of sp³-hybridized carbons (Fsp3) is 0.289. The zero-order valence-corrected chi connectivity index (χ0v) is 27.0. The number of hydrogen-bond acceptors (Lipinski definition) is 3. The van der Waals surface area contributed by atoms with E-state index in [2.05, 4.69) is 13.8 Å². The largest absolute Gasteiger partial charge is 0.411 e. The summed E-state index contributed by atoms with van der Waals surface area (Å²) in [7, 11) is 0. The number of alkyl halides is 6. The Kier molecular flexibility index (Phi) is 8.24. The topological polar surface area (TPSA) is 57.7 Å². The molecule has 2 aliphatic heterocycles. The van der Waals surface area contributed by atoms with E-state index >= 15 is 26.3 Å². The van der Waals surface area contributed by atoms with Gasteiger partial charge < -0.3 is 4.90 Å². The van der Waals surface area contributed by atoms with Gasteiger partial charge in [-0.1, -0.05) is 68.4 Å². The second-order valence-corrected chi connectivity index (χ2v) is 13.1. The number of hydrogen-bond donors (Lipinski definition) is 0. The molecule has 0 saturated carbocycles. The Bertz CT molecular complexity index is 1950. The number of carbonyl (C=O) groups excluding carboxylic acids is 3. The summed E-state index contributed by atoms with van der Waals surface area (Å²) in [6.45, 7) is 7.41. The lowest BCUT2D eigenvalue weighted by Gasteiger charge is -2.38. The highest BCUT2D eigenvalue weighted by atomic mass is 19.4. The Balaban J connectivity index is 1.36. The summed E-state index contributed by atoms with van der Waals surface area (Å²) in [5.74, 6) is -2.01.